The Kier molecular flexibility index (Phi) is 6.84. The van der Waals surface area contributed by atoms with E-state index in [1.807, 2.05) is 30.6 Å². The number of rotatable bonds is 5. The summed E-state index contributed by atoms with van der Waals surface area (Å²) in [6.45, 7) is 11.9. The van der Waals surface area contributed by atoms with Crippen molar-refractivity contribution in [2.45, 2.75) is 52.6 Å². The minimum Gasteiger partial charge on any atom is -0.355 e. The van der Waals surface area contributed by atoms with Gasteiger partial charge in [0.05, 0.1) is 18.6 Å². The lowest BCUT2D eigenvalue weighted by atomic mass is 9.96. The molecule has 0 aromatic heterocycles. The van der Waals surface area contributed by atoms with Crippen molar-refractivity contribution in [1.29, 1.82) is 0 Å². The van der Waals surface area contributed by atoms with E-state index in [2.05, 4.69) is 29.5 Å². The number of guanidine groups is 1. The number of hydrogen-bond acceptors (Lipinski definition) is 3. The monoisotopic (exact) mass is 325 g/mol. The summed E-state index contributed by atoms with van der Waals surface area (Å²) in [7, 11) is 1.67. The highest BCUT2D eigenvalue weighted by Crippen LogP contribution is 2.24. The van der Waals surface area contributed by atoms with Gasteiger partial charge < -0.3 is 20.4 Å². The first-order valence-electron chi connectivity index (χ1n) is 8.27. The third-order valence-electron chi connectivity index (χ3n) is 3.83. The number of hydrogen-bond donors (Lipinski definition) is 2. The van der Waals surface area contributed by atoms with Gasteiger partial charge in [-0.15, -0.1) is 0 Å². The molecule has 1 heterocycles. The maximum Gasteiger partial charge on any atom is 0.242 e. The van der Waals surface area contributed by atoms with Crippen LogP contribution in [0.1, 0.15) is 41.0 Å². The fraction of sp³-hybridized carbons (Fsp3) is 0.812. The first-order valence-corrected chi connectivity index (χ1v) is 8.27. The van der Waals surface area contributed by atoms with Crippen LogP contribution in [0.4, 0.5) is 0 Å². The van der Waals surface area contributed by atoms with Crippen LogP contribution in [0.25, 0.3) is 0 Å². The number of carbonyl (C=O) groups excluding carboxylic acids is 2. The van der Waals surface area contributed by atoms with Crippen molar-refractivity contribution in [3.8, 4) is 0 Å². The summed E-state index contributed by atoms with van der Waals surface area (Å²) < 4.78 is 0. The molecule has 1 aliphatic rings. The third-order valence-corrected chi connectivity index (χ3v) is 3.83. The number of aliphatic imine (C=N–C) groups is 1. The summed E-state index contributed by atoms with van der Waals surface area (Å²) in [5.41, 5.74) is -0.286. The molecule has 0 aliphatic carbocycles. The van der Waals surface area contributed by atoms with E-state index in [1.54, 1.807) is 7.05 Å². The summed E-state index contributed by atoms with van der Waals surface area (Å²) >= 11 is 0. The largest absolute Gasteiger partial charge is 0.355 e. The van der Waals surface area contributed by atoms with Crippen molar-refractivity contribution in [1.82, 2.24) is 20.4 Å². The van der Waals surface area contributed by atoms with Crippen molar-refractivity contribution < 1.29 is 9.59 Å². The fourth-order valence-electron chi connectivity index (χ4n) is 3.13. The minimum absolute atomic E-state index is 0.0700. The van der Waals surface area contributed by atoms with Gasteiger partial charge in [-0.3, -0.25) is 14.6 Å². The Morgan fingerprint density at radius 2 is 2.00 bits per heavy atom. The highest BCUT2D eigenvalue weighted by molar-refractivity contribution is 5.90. The van der Waals surface area contributed by atoms with Crippen molar-refractivity contribution in [3.05, 3.63) is 0 Å². The van der Waals surface area contributed by atoms with E-state index in [4.69, 9.17) is 0 Å². The second kappa shape index (κ2) is 8.17. The molecule has 23 heavy (non-hydrogen) atoms. The summed E-state index contributed by atoms with van der Waals surface area (Å²) in [6, 6.07) is 0.162. The molecule has 7 heteroatoms. The van der Waals surface area contributed by atoms with E-state index < -0.39 is 0 Å². The Hall–Kier alpha value is -1.79. The van der Waals surface area contributed by atoms with Crippen molar-refractivity contribution in [2.24, 2.45) is 4.99 Å². The zero-order valence-corrected chi connectivity index (χ0v) is 15.3. The molecule has 7 nitrogen and oxygen atoms in total. The highest BCUT2D eigenvalue weighted by atomic mass is 16.2. The quantitative estimate of drug-likeness (QED) is 0.567. The topological polar surface area (TPSA) is 77.0 Å². The molecule has 0 saturated carbocycles. The van der Waals surface area contributed by atoms with Gasteiger partial charge in [-0.05, 0) is 34.1 Å². The maximum absolute atomic E-state index is 12.5. The van der Waals surface area contributed by atoms with Gasteiger partial charge in [0, 0.05) is 26.2 Å². The van der Waals surface area contributed by atoms with E-state index >= 15 is 0 Å². The zero-order valence-electron chi connectivity index (χ0n) is 15.3. The van der Waals surface area contributed by atoms with Crippen LogP contribution < -0.4 is 10.6 Å². The van der Waals surface area contributed by atoms with Gasteiger partial charge in [-0.1, -0.05) is 6.92 Å². The van der Waals surface area contributed by atoms with E-state index in [-0.39, 0.29) is 36.5 Å². The second-order valence-corrected chi connectivity index (χ2v) is 6.78. The van der Waals surface area contributed by atoms with E-state index in [0.717, 1.165) is 6.42 Å². The summed E-state index contributed by atoms with van der Waals surface area (Å²) in [4.78, 5) is 32.2. The molecule has 1 aliphatic heterocycles. The van der Waals surface area contributed by atoms with Crippen LogP contribution in [0, 0.1) is 0 Å². The lowest BCUT2D eigenvalue weighted by Gasteiger charge is -2.49. The van der Waals surface area contributed by atoms with Crippen LogP contribution in [0.3, 0.4) is 0 Å². The van der Waals surface area contributed by atoms with Crippen molar-refractivity contribution in [3.63, 3.8) is 0 Å². The fourth-order valence-corrected chi connectivity index (χ4v) is 3.13. The third kappa shape index (κ3) is 5.11. The summed E-state index contributed by atoms with van der Waals surface area (Å²) in [6.07, 6.45) is 0.903. The average Bonchev–Trinajstić information content (AvgIpc) is 2.43. The number of carbonyl (C=O) groups is 2. The Labute approximate surface area is 139 Å². The van der Waals surface area contributed by atoms with E-state index in [1.165, 1.54) is 0 Å². The first kappa shape index (κ1) is 19.3. The molecule has 1 saturated heterocycles. The molecular weight excluding hydrogens is 294 g/mol. The number of amides is 2. The van der Waals surface area contributed by atoms with Gasteiger partial charge in [0.25, 0.3) is 0 Å². The van der Waals surface area contributed by atoms with Crippen LogP contribution >= 0.6 is 0 Å². The van der Waals surface area contributed by atoms with Crippen molar-refractivity contribution >= 4 is 17.8 Å². The summed E-state index contributed by atoms with van der Waals surface area (Å²) in [5, 5.41) is 5.85. The van der Waals surface area contributed by atoms with Crippen LogP contribution in [-0.2, 0) is 9.59 Å². The van der Waals surface area contributed by atoms with Gasteiger partial charge in [0.2, 0.25) is 11.8 Å². The minimum atomic E-state index is -0.286. The average molecular weight is 325 g/mol. The normalized spacial score (nSPS) is 18.4. The highest BCUT2D eigenvalue weighted by Gasteiger charge is 2.40. The van der Waals surface area contributed by atoms with Gasteiger partial charge in [0.1, 0.15) is 0 Å². The Morgan fingerprint density at radius 3 is 2.48 bits per heavy atom. The zero-order chi connectivity index (χ0) is 17.6. The standard InChI is InChI=1S/C16H31N5O2/c1-7-8-18-13(22)9-19-15(17-6)20-10-14(23)21(12(2)3)16(4,5)11-20/h12H,7-11H2,1-6H3,(H,17,19)(H,18,22). The lowest BCUT2D eigenvalue weighted by Crippen LogP contribution is -2.66. The Bertz CT molecular complexity index is 459. The number of nitrogens with zero attached hydrogens (tertiary/aromatic N) is 3. The first-order chi connectivity index (χ1) is 10.7. The molecule has 1 rings (SSSR count). The molecule has 0 bridgehead atoms. The second-order valence-electron chi connectivity index (χ2n) is 6.78. The summed E-state index contributed by atoms with van der Waals surface area (Å²) in [5.74, 6) is 0.593. The van der Waals surface area contributed by atoms with Gasteiger partial charge in [-0.25, -0.2) is 0 Å². The molecule has 0 radical (unpaired) electrons. The molecule has 0 unspecified atom stereocenters. The Morgan fingerprint density at radius 1 is 1.35 bits per heavy atom. The van der Waals surface area contributed by atoms with E-state index in [9.17, 15) is 9.59 Å². The van der Waals surface area contributed by atoms with Gasteiger partial charge in [-0.2, -0.15) is 0 Å². The predicted octanol–water partition coefficient (Wildman–Crippen LogP) is 0.419. The predicted molar refractivity (Wildman–Crippen MR) is 92.3 cm³/mol. The Balaban J connectivity index is 2.70. The van der Waals surface area contributed by atoms with Crippen LogP contribution in [0.15, 0.2) is 4.99 Å². The molecule has 0 aromatic rings. The smallest absolute Gasteiger partial charge is 0.242 e. The molecular formula is C16H31N5O2. The van der Waals surface area contributed by atoms with Gasteiger partial charge in [0.15, 0.2) is 5.96 Å². The molecule has 0 spiro atoms. The van der Waals surface area contributed by atoms with Gasteiger partial charge >= 0.3 is 0 Å². The molecule has 132 valence electrons. The molecule has 2 amide bonds. The number of piperazine rings is 1. The lowest BCUT2D eigenvalue weighted by molar-refractivity contribution is -0.145. The van der Waals surface area contributed by atoms with Crippen molar-refractivity contribution in [2.75, 3.05) is 33.2 Å². The molecule has 1 fully saturated rings. The molecule has 0 aromatic carbocycles. The number of nitrogens with one attached hydrogen (secondary N) is 2. The molecule has 0 atom stereocenters. The molecule has 2 N–H and O–H groups in total. The maximum atomic E-state index is 12.5. The van der Waals surface area contributed by atoms with E-state index in [0.29, 0.717) is 19.0 Å². The van der Waals surface area contributed by atoms with Crippen LogP contribution in [0.2, 0.25) is 0 Å². The van der Waals surface area contributed by atoms with Crippen LogP contribution in [0.5, 0.6) is 0 Å². The van der Waals surface area contributed by atoms with Crippen LogP contribution in [-0.4, -0.2) is 72.4 Å². The SMILES string of the molecule is CCCNC(=O)CNC(=NC)N1CC(=O)N(C(C)C)C(C)(C)C1.